The third kappa shape index (κ3) is 5.94. The van der Waals surface area contributed by atoms with Gasteiger partial charge in [0.2, 0.25) is 0 Å². The van der Waals surface area contributed by atoms with E-state index in [2.05, 4.69) is 4.90 Å². The van der Waals surface area contributed by atoms with Crippen LogP contribution in [-0.4, -0.2) is 85.2 Å². The van der Waals surface area contributed by atoms with Crippen LogP contribution in [0.5, 0.6) is 5.75 Å². The molecule has 2 aliphatic heterocycles. The number of piperidine rings is 1. The Bertz CT molecular complexity index is 701. The zero-order valence-corrected chi connectivity index (χ0v) is 17.4. The second-order valence-corrected chi connectivity index (χ2v) is 7.94. The van der Waals surface area contributed by atoms with Gasteiger partial charge in [-0.25, -0.2) is 9.18 Å². The summed E-state index contributed by atoms with van der Waals surface area (Å²) >= 11 is 5.79. The maximum atomic E-state index is 13.3. The molecule has 2 aliphatic rings. The molecule has 7 nitrogen and oxygen atoms in total. The molecule has 162 valence electrons. The fraction of sp³-hybridized carbons (Fsp3) is 0.650. The van der Waals surface area contributed by atoms with Gasteiger partial charge in [0.05, 0.1) is 24.8 Å². The first-order valence-corrected chi connectivity index (χ1v) is 10.3. The van der Waals surface area contributed by atoms with Crippen molar-refractivity contribution >= 4 is 17.7 Å². The summed E-state index contributed by atoms with van der Waals surface area (Å²) in [5.41, 5.74) is -1.20. The summed E-state index contributed by atoms with van der Waals surface area (Å²) in [5.74, 6) is -0.126. The molecule has 1 amide bonds. The summed E-state index contributed by atoms with van der Waals surface area (Å²) in [6.45, 7) is 5.20. The number of nitrogens with zero attached hydrogens (tertiary/aromatic N) is 2. The number of hydrogen-bond donors (Lipinski definition) is 1. The van der Waals surface area contributed by atoms with Crippen LogP contribution in [0.3, 0.4) is 0 Å². The number of ether oxygens (including phenoxy) is 3. The van der Waals surface area contributed by atoms with Crippen LogP contribution in [0.15, 0.2) is 18.2 Å². The summed E-state index contributed by atoms with van der Waals surface area (Å²) in [7, 11) is 0. The molecule has 1 atom stereocenters. The highest BCUT2D eigenvalue weighted by Crippen LogP contribution is 2.25. The Kier molecular flexibility index (Phi) is 7.56. The molecule has 9 heteroatoms. The van der Waals surface area contributed by atoms with Crippen LogP contribution in [0.1, 0.15) is 19.8 Å². The first-order chi connectivity index (χ1) is 13.9. The molecule has 0 radical (unpaired) electrons. The molecule has 2 fully saturated rings. The fourth-order valence-corrected chi connectivity index (χ4v) is 3.93. The van der Waals surface area contributed by atoms with E-state index in [1.54, 1.807) is 11.8 Å². The quantitative estimate of drug-likeness (QED) is 0.774. The van der Waals surface area contributed by atoms with Gasteiger partial charge in [-0.2, -0.15) is 0 Å². The lowest BCUT2D eigenvalue weighted by Crippen LogP contribution is -2.54. The average Bonchev–Trinajstić information content (AvgIpc) is 2.91. The molecule has 0 saturated carbocycles. The van der Waals surface area contributed by atoms with Gasteiger partial charge in [0.15, 0.2) is 0 Å². The minimum Gasteiger partial charge on any atom is -0.490 e. The van der Waals surface area contributed by atoms with Gasteiger partial charge in [-0.1, -0.05) is 11.6 Å². The lowest BCUT2D eigenvalue weighted by atomic mass is 10.00. The monoisotopic (exact) mass is 430 g/mol. The molecule has 3 rings (SSSR count). The predicted molar refractivity (Wildman–Crippen MR) is 106 cm³/mol. The minimum absolute atomic E-state index is 0.00708. The Morgan fingerprint density at radius 2 is 2.14 bits per heavy atom. The van der Waals surface area contributed by atoms with Crippen molar-refractivity contribution in [1.82, 2.24) is 9.80 Å². The largest absolute Gasteiger partial charge is 0.490 e. The van der Waals surface area contributed by atoms with Crippen molar-refractivity contribution < 1.29 is 28.5 Å². The molecule has 29 heavy (non-hydrogen) atoms. The van der Waals surface area contributed by atoms with E-state index in [4.69, 9.17) is 25.8 Å². The van der Waals surface area contributed by atoms with E-state index >= 15 is 0 Å². The van der Waals surface area contributed by atoms with Crippen molar-refractivity contribution in [3.05, 3.63) is 29.0 Å². The normalized spacial score (nSPS) is 24.2. The van der Waals surface area contributed by atoms with Crippen molar-refractivity contribution in [3.63, 3.8) is 0 Å². The number of hydrogen-bond acceptors (Lipinski definition) is 6. The molecule has 0 aromatic heterocycles. The number of aliphatic hydroxyl groups is 1. The van der Waals surface area contributed by atoms with Crippen LogP contribution in [0.25, 0.3) is 0 Å². The number of halogens is 2. The molecular weight excluding hydrogens is 403 g/mol. The van der Waals surface area contributed by atoms with Crippen LogP contribution >= 0.6 is 11.6 Å². The number of likely N-dealkylation sites (tertiary alicyclic amines) is 1. The maximum absolute atomic E-state index is 13.3. The number of rotatable bonds is 5. The predicted octanol–water partition coefficient (Wildman–Crippen LogP) is 2.54. The SMILES string of the molecule is CCOC(=O)N1CCC(N2CCOC[C@](O)(COc3ccc(F)c(Cl)c3)C2)CC1. The third-order valence-corrected chi connectivity index (χ3v) is 5.59. The summed E-state index contributed by atoms with van der Waals surface area (Å²) in [6, 6.07) is 4.34. The highest BCUT2D eigenvalue weighted by molar-refractivity contribution is 6.30. The topological polar surface area (TPSA) is 71.5 Å². The summed E-state index contributed by atoms with van der Waals surface area (Å²) < 4.78 is 29.7. The van der Waals surface area contributed by atoms with Crippen molar-refractivity contribution in [2.45, 2.75) is 31.4 Å². The van der Waals surface area contributed by atoms with Gasteiger partial charge in [-0.3, -0.25) is 4.90 Å². The molecule has 1 aromatic carbocycles. The first-order valence-electron chi connectivity index (χ1n) is 9.94. The molecule has 1 N–H and O–H groups in total. The Morgan fingerprint density at radius 1 is 1.38 bits per heavy atom. The average molecular weight is 431 g/mol. The van der Waals surface area contributed by atoms with Crippen LogP contribution in [-0.2, 0) is 9.47 Å². The first kappa shape index (κ1) is 22.1. The van der Waals surface area contributed by atoms with E-state index in [1.807, 2.05) is 0 Å². The standard InChI is InChI=1S/C20H28ClFN2O5/c1-2-28-19(25)23-7-5-15(6-8-23)24-9-10-27-13-20(26,12-24)14-29-16-3-4-18(22)17(21)11-16/h3-4,11,15,26H,2,5-10,12-14H2,1H3/t20-/m0/s1. The van der Waals surface area contributed by atoms with Gasteiger partial charge < -0.3 is 24.2 Å². The van der Waals surface area contributed by atoms with Gasteiger partial charge in [0, 0.05) is 38.3 Å². The van der Waals surface area contributed by atoms with Crippen molar-refractivity contribution in [2.75, 3.05) is 52.6 Å². The maximum Gasteiger partial charge on any atom is 0.409 e. The number of carbonyl (C=O) groups is 1. The highest BCUT2D eigenvalue weighted by Gasteiger charge is 2.37. The number of amides is 1. The Morgan fingerprint density at radius 3 is 2.83 bits per heavy atom. The zero-order chi connectivity index (χ0) is 20.9. The minimum atomic E-state index is -1.20. The molecular formula is C20H28ClFN2O5. The summed E-state index contributed by atoms with van der Waals surface area (Å²) in [4.78, 5) is 15.8. The zero-order valence-electron chi connectivity index (χ0n) is 16.6. The van der Waals surface area contributed by atoms with E-state index in [1.165, 1.54) is 18.2 Å². The van der Waals surface area contributed by atoms with E-state index in [0.29, 0.717) is 45.1 Å². The van der Waals surface area contributed by atoms with Crippen molar-refractivity contribution in [1.29, 1.82) is 0 Å². The van der Waals surface area contributed by atoms with Gasteiger partial charge in [0.1, 0.15) is 23.8 Å². The molecule has 2 saturated heterocycles. The smallest absolute Gasteiger partial charge is 0.409 e. The highest BCUT2D eigenvalue weighted by atomic mass is 35.5. The molecule has 2 heterocycles. The lowest BCUT2D eigenvalue weighted by molar-refractivity contribution is -0.0688. The summed E-state index contributed by atoms with van der Waals surface area (Å²) in [6.07, 6.45) is 1.35. The van der Waals surface area contributed by atoms with Crippen molar-refractivity contribution in [3.8, 4) is 5.75 Å². The van der Waals surface area contributed by atoms with Crippen LogP contribution in [0, 0.1) is 5.82 Å². The van der Waals surface area contributed by atoms with E-state index in [9.17, 15) is 14.3 Å². The Labute approximate surface area is 175 Å². The summed E-state index contributed by atoms with van der Waals surface area (Å²) in [5, 5.41) is 11.0. The van der Waals surface area contributed by atoms with E-state index < -0.39 is 11.4 Å². The molecule has 0 spiro atoms. The van der Waals surface area contributed by atoms with Crippen molar-refractivity contribution in [2.24, 2.45) is 0 Å². The molecule has 1 aromatic rings. The fourth-order valence-electron chi connectivity index (χ4n) is 3.76. The second-order valence-electron chi connectivity index (χ2n) is 7.53. The second kappa shape index (κ2) is 9.93. The van der Waals surface area contributed by atoms with Crippen LogP contribution < -0.4 is 4.74 Å². The van der Waals surface area contributed by atoms with Gasteiger partial charge in [0.25, 0.3) is 0 Å². The van der Waals surface area contributed by atoms with E-state index in [-0.39, 0.29) is 30.4 Å². The number of benzene rings is 1. The molecule has 0 bridgehead atoms. The molecule has 0 unspecified atom stereocenters. The van der Waals surface area contributed by atoms with Crippen LogP contribution in [0.2, 0.25) is 5.02 Å². The number of carbonyl (C=O) groups excluding carboxylic acids is 1. The third-order valence-electron chi connectivity index (χ3n) is 5.30. The number of β-amino-alcohol motifs (C(OH)–C–C–N with tert-alkyl or cyclic N) is 1. The Balaban J connectivity index is 1.56. The Hall–Kier alpha value is -1.61. The van der Waals surface area contributed by atoms with Gasteiger partial charge in [-0.15, -0.1) is 0 Å². The van der Waals surface area contributed by atoms with Gasteiger partial charge >= 0.3 is 6.09 Å². The van der Waals surface area contributed by atoms with Gasteiger partial charge in [-0.05, 0) is 31.9 Å². The molecule has 0 aliphatic carbocycles. The lowest BCUT2D eigenvalue weighted by Gasteiger charge is -2.39. The van der Waals surface area contributed by atoms with E-state index in [0.717, 1.165) is 12.8 Å². The van der Waals surface area contributed by atoms with Crippen LogP contribution in [0.4, 0.5) is 9.18 Å².